The van der Waals surface area contributed by atoms with Crippen LogP contribution in [0.15, 0.2) is 12.1 Å². The molecule has 3 heteroatoms. The van der Waals surface area contributed by atoms with Crippen molar-refractivity contribution in [2.75, 3.05) is 6.54 Å². The van der Waals surface area contributed by atoms with Crippen molar-refractivity contribution in [2.45, 2.75) is 47.3 Å². The van der Waals surface area contributed by atoms with E-state index >= 15 is 0 Å². The Morgan fingerprint density at radius 3 is 2.59 bits per heavy atom. The minimum atomic E-state index is 0.191. The van der Waals surface area contributed by atoms with Gasteiger partial charge in [-0.1, -0.05) is 20.8 Å². The standard InChI is InChI=1S/C14H24N2O/c1-6-15-9-13-7-11(4)16-14(8-13)17-12(5)10(2)3/h7-8,10,12,15H,6,9H2,1-5H3. The molecule has 1 aromatic heterocycles. The number of hydrogen-bond donors (Lipinski definition) is 1. The average molecular weight is 236 g/mol. The molecule has 0 fully saturated rings. The molecule has 0 bridgehead atoms. The molecule has 1 unspecified atom stereocenters. The Balaban J connectivity index is 2.74. The van der Waals surface area contributed by atoms with Gasteiger partial charge in [-0.25, -0.2) is 4.98 Å². The average Bonchev–Trinajstić information content (AvgIpc) is 2.25. The van der Waals surface area contributed by atoms with Crippen LogP contribution in [0.5, 0.6) is 5.88 Å². The minimum absolute atomic E-state index is 0.191. The zero-order valence-electron chi connectivity index (χ0n) is 11.6. The first-order chi connectivity index (χ1) is 8.02. The van der Waals surface area contributed by atoms with Crippen molar-refractivity contribution < 1.29 is 4.74 Å². The summed E-state index contributed by atoms with van der Waals surface area (Å²) in [6.07, 6.45) is 0.191. The van der Waals surface area contributed by atoms with Gasteiger partial charge >= 0.3 is 0 Å². The topological polar surface area (TPSA) is 34.2 Å². The molecule has 1 aromatic rings. The first kappa shape index (κ1) is 14.0. The van der Waals surface area contributed by atoms with Crippen molar-refractivity contribution in [1.82, 2.24) is 10.3 Å². The highest BCUT2D eigenvalue weighted by Crippen LogP contribution is 2.16. The van der Waals surface area contributed by atoms with Gasteiger partial charge in [-0.05, 0) is 37.9 Å². The van der Waals surface area contributed by atoms with Gasteiger partial charge in [-0.2, -0.15) is 0 Å². The number of hydrogen-bond acceptors (Lipinski definition) is 3. The zero-order valence-corrected chi connectivity index (χ0v) is 11.6. The predicted octanol–water partition coefficient (Wildman–Crippen LogP) is 2.92. The molecule has 0 aromatic carbocycles. The lowest BCUT2D eigenvalue weighted by Crippen LogP contribution is -2.20. The van der Waals surface area contributed by atoms with Crippen LogP contribution in [0.2, 0.25) is 0 Å². The van der Waals surface area contributed by atoms with Crippen LogP contribution in [-0.4, -0.2) is 17.6 Å². The molecule has 0 saturated heterocycles. The molecule has 1 rings (SSSR count). The molecule has 17 heavy (non-hydrogen) atoms. The highest BCUT2D eigenvalue weighted by Gasteiger charge is 2.10. The summed E-state index contributed by atoms with van der Waals surface area (Å²) in [6, 6.07) is 4.12. The number of rotatable bonds is 6. The van der Waals surface area contributed by atoms with Crippen LogP contribution in [0.1, 0.15) is 39.0 Å². The Kier molecular flexibility index (Phi) is 5.42. The van der Waals surface area contributed by atoms with E-state index < -0.39 is 0 Å². The van der Waals surface area contributed by atoms with Gasteiger partial charge in [0.2, 0.25) is 5.88 Å². The molecule has 0 aliphatic carbocycles. The molecule has 0 spiro atoms. The van der Waals surface area contributed by atoms with Crippen LogP contribution in [-0.2, 0) is 6.54 Å². The first-order valence-electron chi connectivity index (χ1n) is 6.37. The van der Waals surface area contributed by atoms with E-state index in [1.165, 1.54) is 5.56 Å². The molecular formula is C14H24N2O. The number of ether oxygens (including phenoxy) is 1. The lowest BCUT2D eigenvalue weighted by atomic mass is 10.1. The summed E-state index contributed by atoms with van der Waals surface area (Å²) in [5.74, 6) is 1.23. The molecule has 1 atom stereocenters. The SMILES string of the molecule is CCNCc1cc(C)nc(OC(C)C(C)C)c1. The van der Waals surface area contributed by atoms with Crippen molar-refractivity contribution in [2.24, 2.45) is 5.92 Å². The molecule has 1 N–H and O–H groups in total. The Hall–Kier alpha value is -1.09. The van der Waals surface area contributed by atoms with Crippen molar-refractivity contribution in [3.05, 3.63) is 23.4 Å². The van der Waals surface area contributed by atoms with Crippen molar-refractivity contribution in [1.29, 1.82) is 0 Å². The van der Waals surface area contributed by atoms with Gasteiger partial charge in [-0.15, -0.1) is 0 Å². The normalized spacial score (nSPS) is 12.8. The summed E-state index contributed by atoms with van der Waals surface area (Å²) >= 11 is 0. The number of nitrogens with zero attached hydrogens (tertiary/aromatic N) is 1. The summed E-state index contributed by atoms with van der Waals surface area (Å²) in [5.41, 5.74) is 2.23. The minimum Gasteiger partial charge on any atom is -0.474 e. The predicted molar refractivity (Wildman–Crippen MR) is 71.3 cm³/mol. The lowest BCUT2D eigenvalue weighted by Gasteiger charge is -2.18. The summed E-state index contributed by atoms with van der Waals surface area (Å²) in [6.45, 7) is 12.3. The van der Waals surface area contributed by atoms with E-state index in [4.69, 9.17) is 4.74 Å². The van der Waals surface area contributed by atoms with Crippen molar-refractivity contribution in [3.8, 4) is 5.88 Å². The van der Waals surface area contributed by atoms with Crippen molar-refractivity contribution >= 4 is 0 Å². The quantitative estimate of drug-likeness (QED) is 0.824. The van der Waals surface area contributed by atoms with Gasteiger partial charge in [0.1, 0.15) is 0 Å². The fourth-order valence-electron chi connectivity index (χ4n) is 1.47. The van der Waals surface area contributed by atoms with Crippen LogP contribution in [0.25, 0.3) is 0 Å². The number of nitrogens with one attached hydrogen (secondary N) is 1. The molecule has 0 saturated carbocycles. The molecule has 0 aliphatic heterocycles. The summed E-state index contributed by atoms with van der Waals surface area (Å²) < 4.78 is 5.84. The Morgan fingerprint density at radius 1 is 1.29 bits per heavy atom. The molecular weight excluding hydrogens is 212 g/mol. The second-order valence-electron chi connectivity index (χ2n) is 4.80. The molecule has 96 valence electrons. The van der Waals surface area contributed by atoms with Gasteiger partial charge in [0.05, 0.1) is 6.10 Å². The third-order valence-corrected chi connectivity index (χ3v) is 2.81. The molecule has 0 aliphatic rings. The fraction of sp³-hybridized carbons (Fsp3) is 0.643. The maximum atomic E-state index is 5.84. The van der Waals surface area contributed by atoms with Crippen LogP contribution < -0.4 is 10.1 Å². The van der Waals surface area contributed by atoms with E-state index in [1.54, 1.807) is 0 Å². The molecule has 3 nitrogen and oxygen atoms in total. The third kappa shape index (κ3) is 4.73. The van der Waals surface area contributed by atoms with Crippen molar-refractivity contribution in [3.63, 3.8) is 0 Å². The van der Waals surface area contributed by atoms with Crippen LogP contribution in [0.3, 0.4) is 0 Å². The van der Waals surface area contributed by atoms with E-state index in [-0.39, 0.29) is 6.10 Å². The monoisotopic (exact) mass is 236 g/mol. The van der Waals surface area contributed by atoms with E-state index in [2.05, 4.69) is 44.1 Å². The van der Waals surface area contributed by atoms with Crippen LogP contribution in [0.4, 0.5) is 0 Å². The van der Waals surface area contributed by atoms with E-state index in [9.17, 15) is 0 Å². The van der Waals surface area contributed by atoms with Gasteiger partial charge in [0.25, 0.3) is 0 Å². The van der Waals surface area contributed by atoms with Gasteiger partial charge in [0, 0.05) is 18.3 Å². The zero-order chi connectivity index (χ0) is 12.8. The molecule has 0 radical (unpaired) electrons. The second kappa shape index (κ2) is 6.60. The Bertz CT molecular complexity index is 350. The van der Waals surface area contributed by atoms with E-state index in [0.29, 0.717) is 5.92 Å². The highest BCUT2D eigenvalue weighted by atomic mass is 16.5. The maximum Gasteiger partial charge on any atom is 0.214 e. The van der Waals surface area contributed by atoms with E-state index in [0.717, 1.165) is 24.7 Å². The van der Waals surface area contributed by atoms with Crippen LogP contribution >= 0.6 is 0 Å². The van der Waals surface area contributed by atoms with E-state index in [1.807, 2.05) is 13.0 Å². The van der Waals surface area contributed by atoms with Gasteiger partial charge < -0.3 is 10.1 Å². The number of aromatic nitrogens is 1. The third-order valence-electron chi connectivity index (χ3n) is 2.81. The molecule has 1 heterocycles. The summed E-state index contributed by atoms with van der Waals surface area (Å²) in [5, 5.41) is 3.31. The smallest absolute Gasteiger partial charge is 0.214 e. The molecule has 0 amide bonds. The van der Waals surface area contributed by atoms with Crippen LogP contribution in [0, 0.1) is 12.8 Å². The van der Waals surface area contributed by atoms with Gasteiger partial charge in [-0.3, -0.25) is 0 Å². The second-order valence-corrected chi connectivity index (χ2v) is 4.80. The number of aryl methyl sites for hydroxylation is 1. The fourth-order valence-corrected chi connectivity index (χ4v) is 1.47. The number of pyridine rings is 1. The summed E-state index contributed by atoms with van der Waals surface area (Å²) in [7, 11) is 0. The van der Waals surface area contributed by atoms with Gasteiger partial charge in [0.15, 0.2) is 0 Å². The first-order valence-corrected chi connectivity index (χ1v) is 6.37. The highest BCUT2D eigenvalue weighted by molar-refractivity contribution is 5.24. The Labute approximate surface area is 105 Å². The lowest BCUT2D eigenvalue weighted by molar-refractivity contribution is 0.163. The maximum absolute atomic E-state index is 5.84. The summed E-state index contributed by atoms with van der Waals surface area (Å²) in [4.78, 5) is 4.41. The largest absolute Gasteiger partial charge is 0.474 e. The Morgan fingerprint density at radius 2 is 2.00 bits per heavy atom.